The van der Waals surface area contributed by atoms with Crippen molar-refractivity contribution in [2.45, 2.75) is 20.0 Å². The van der Waals surface area contributed by atoms with Crippen LogP contribution < -0.4 is 9.64 Å². The number of hydrogen-bond acceptors (Lipinski definition) is 5. The lowest BCUT2D eigenvalue weighted by Gasteiger charge is -2.33. The zero-order valence-corrected chi connectivity index (χ0v) is 14.0. The highest BCUT2D eigenvalue weighted by Gasteiger charge is 2.28. The summed E-state index contributed by atoms with van der Waals surface area (Å²) in [5.74, 6) is 1.19. The molecule has 0 bridgehead atoms. The van der Waals surface area contributed by atoms with Crippen LogP contribution in [0.5, 0.6) is 5.75 Å². The van der Waals surface area contributed by atoms with Crippen LogP contribution in [0.4, 0.5) is 5.69 Å². The summed E-state index contributed by atoms with van der Waals surface area (Å²) in [5, 5.41) is 4.06. The Morgan fingerprint density at radius 2 is 2.16 bits per heavy atom. The summed E-state index contributed by atoms with van der Waals surface area (Å²) in [6, 6.07) is 9.28. The van der Waals surface area contributed by atoms with Gasteiger partial charge in [-0.3, -0.25) is 4.79 Å². The molecule has 0 spiro atoms. The summed E-state index contributed by atoms with van der Waals surface area (Å²) in [6.07, 6.45) is 4.50. The van der Waals surface area contributed by atoms with Gasteiger partial charge in [-0.1, -0.05) is 6.07 Å². The predicted octanol–water partition coefficient (Wildman–Crippen LogP) is 2.40. The van der Waals surface area contributed by atoms with E-state index in [1.165, 1.54) is 11.0 Å². The fourth-order valence-corrected chi connectivity index (χ4v) is 2.90. The van der Waals surface area contributed by atoms with Crippen molar-refractivity contribution in [3.05, 3.63) is 60.3 Å². The van der Waals surface area contributed by atoms with Gasteiger partial charge in [0.15, 0.2) is 5.82 Å². The molecule has 1 unspecified atom stereocenters. The van der Waals surface area contributed by atoms with E-state index in [2.05, 4.69) is 15.1 Å². The third-order valence-corrected chi connectivity index (χ3v) is 4.07. The van der Waals surface area contributed by atoms with Gasteiger partial charge >= 0.3 is 0 Å². The Kier molecular flexibility index (Phi) is 3.68. The van der Waals surface area contributed by atoms with Gasteiger partial charge in [0, 0.05) is 11.8 Å². The number of benzene rings is 1. The van der Waals surface area contributed by atoms with Gasteiger partial charge in [0.2, 0.25) is 0 Å². The molecule has 2 aromatic heterocycles. The molecule has 7 nitrogen and oxygen atoms in total. The molecule has 1 amide bonds. The molecular formula is C18H17N5O2. The number of carbonyl (C=O) groups is 1. The molecular weight excluding hydrogens is 318 g/mol. The van der Waals surface area contributed by atoms with Crippen LogP contribution in [-0.4, -0.2) is 38.3 Å². The standard InChI is InChI=1S/C18H17N5O2/c1-12-3-4-15-16(7-12)25-13(2)9-22(15)18(24)14-5-6-20-17(8-14)23-11-19-10-21-23/h3-8,10-11,13H,9H2,1-2H3. The molecule has 1 aliphatic heterocycles. The first-order valence-corrected chi connectivity index (χ1v) is 8.02. The molecule has 0 aliphatic carbocycles. The van der Waals surface area contributed by atoms with Crippen LogP contribution >= 0.6 is 0 Å². The van der Waals surface area contributed by atoms with Crippen LogP contribution in [0.25, 0.3) is 5.82 Å². The Labute approximate surface area is 144 Å². The van der Waals surface area contributed by atoms with Gasteiger partial charge < -0.3 is 9.64 Å². The van der Waals surface area contributed by atoms with Crippen molar-refractivity contribution >= 4 is 11.6 Å². The van der Waals surface area contributed by atoms with Gasteiger partial charge in [0.25, 0.3) is 5.91 Å². The molecule has 0 radical (unpaired) electrons. The van der Waals surface area contributed by atoms with Crippen molar-refractivity contribution in [2.24, 2.45) is 0 Å². The molecule has 3 aromatic rings. The molecule has 4 rings (SSSR count). The van der Waals surface area contributed by atoms with Crippen LogP contribution in [0.1, 0.15) is 22.8 Å². The highest BCUT2D eigenvalue weighted by molar-refractivity contribution is 6.07. The molecule has 3 heterocycles. The average Bonchev–Trinajstić information content (AvgIpc) is 3.15. The molecule has 7 heteroatoms. The van der Waals surface area contributed by atoms with E-state index < -0.39 is 0 Å². The number of rotatable bonds is 2. The maximum Gasteiger partial charge on any atom is 0.258 e. The zero-order valence-electron chi connectivity index (χ0n) is 14.0. The Morgan fingerprint density at radius 1 is 1.28 bits per heavy atom. The van der Waals surface area contributed by atoms with E-state index in [0.29, 0.717) is 17.9 Å². The van der Waals surface area contributed by atoms with Crippen LogP contribution in [0.3, 0.4) is 0 Å². The predicted molar refractivity (Wildman–Crippen MR) is 92.1 cm³/mol. The third-order valence-electron chi connectivity index (χ3n) is 4.07. The van der Waals surface area contributed by atoms with E-state index in [1.807, 2.05) is 32.0 Å². The van der Waals surface area contributed by atoms with Gasteiger partial charge in [-0.2, -0.15) is 5.10 Å². The fourth-order valence-electron chi connectivity index (χ4n) is 2.90. The second kappa shape index (κ2) is 6.01. The number of carbonyl (C=O) groups excluding carboxylic acids is 1. The van der Waals surface area contributed by atoms with Crippen molar-refractivity contribution in [1.82, 2.24) is 19.7 Å². The maximum absolute atomic E-state index is 13.1. The van der Waals surface area contributed by atoms with Crippen LogP contribution in [-0.2, 0) is 0 Å². The van der Waals surface area contributed by atoms with Crippen LogP contribution in [0, 0.1) is 6.92 Å². The number of ether oxygens (including phenoxy) is 1. The summed E-state index contributed by atoms with van der Waals surface area (Å²) < 4.78 is 7.41. The van der Waals surface area contributed by atoms with Gasteiger partial charge in [-0.05, 0) is 43.7 Å². The van der Waals surface area contributed by atoms with E-state index in [4.69, 9.17) is 4.74 Å². The fraction of sp³-hybridized carbons (Fsp3) is 0.222. The first kappa shape index (κ1) is 15.3. The van der Waals surface area contributed by atoms with Gasteiger partial charge in [-0.25, -0.2) is 14.6 Å². The topological polar surface area (TPSA) is 73.1 Å². The molecule has 0 fully saturated rings. The first-order chi connectivity index (χ1) is 12.1. The van der Waals surface area contributed by atoms with Gasteiger partial charge in [0.05, 0.1) is 12.2 Å². The smallest absolute Gasteiger partial charge is 0.258 e. The zero-order chi connectivity index (χ0) is 17.4. The molecule has 0 saturated heterocycles. The first-order valence-electron chi connectivity index (χ1n) is 8.02. The summed E-state index contributed by atoms with van der Waals surface area (Å²) in [5.41, 5.74) is 2.42. The molecule has 0 N–H and O–H groups in total. The van der Waals surface area contributed by atoms with E-state index in [1.54, 1.807) is 29.6 Å². The van der Waals surface area contributed by atoms with Crippen molar-refractivity contribution in [3.8, 4) is 11.6 Å². The Bertz CT molecular complexity index is 923. The summed E-state index contributed by atoms with van der Waals surface area (Å²) in [4.78, 5) is 23.0. The van der Waals surface area contributed by atoms with Gasteiger partial charge in [0.1, 0.15) is 24.5 Å². The largest absolute Gasteiger partial charge is 0.487 e. The van der Waals surface area contributed by atoms with Crippen LogP contribution in [0.2, 0.25) is 0 Å². The Balaban J connectivity index is 1.71. The van der Waals surface area contributed by atoms with E-state index in [-0.39, 0.29) is 12.0 Å². The van der Waals surface area contributed by atoms with E-state index in [0.717, 1.165) is 17.0 Å². The van der Waals surface area contributed by atoms with E-state index >= 15 is 0 Å². The number of hydrogen-bond donors (Lipinski definition) is 0. The lowest BCUT2D eigenvalue weighted by Crippen LogP contribution is -2.42. The highest BCUT2D eigenvalue weighted by Crippen LogP contribution is 2.35. The second-order valence-electron chi connectivity index (χ2n) is 6.06. The molecule has 1 aliphatic rings. The average molecular weight is 335 g/mol. The summed E-state index contributed by atoms with van der Waals surface area (Å²) in [7, 11) is 0. The van der Waals surface area contributed by atoms with Crippen molar-refractivity contribution < 1.29 is 9.53 Å². The summed E-state index contributed by atoms with van der Waals surface area (Å²) in [6.45, 7) is 4.46. The molecule has 25 heavy (non-hydrogen) atoms. The monoisotopic (exact) mass is 335 g/mol. The van der Waals surface area contributed by atoms with Crippen molar-refractivity contribution in [3.63, 3.8) is 0 Å². The number of aromatic nitrogens is 4. The molecule has 1 aromatic carbocycles. The summed E-state index contributed by atoms with van der Waals surface area (Å²) >= 11 is 0. The molecule has 0 saturated carbocycles. The Hall–Kier alpha value is -3.22. The highest BCUT2D eigenvalue weighted by atomic mass is 16.5. The third kappa shape index (κ3) is 2.84. The number of fused-ring (bicyclic) bond motifs is 1. The van der Waals surface area contributed by atoms with E-state index in [9.17, 15) is 4.79 Å². The lowest BCUT2D eigenvalue weighted by molar-refractivity contribution is 0.0961. The van der Waals surface area contributed by atoms with Crippen molar-refractivity contribution in [1.29, 1.82) is 0 Å². The number of aryl methyl sites for hydroxylation is 1. The minimum atomic E-state index is -0.0935. The van der Waals surface area contributed by atoms with Crippen molar-refractivity contribution in [2.75, 3.05) is 11.4 Å². The number of nitrogens with zero attached hydrogens (tertiary/aromatic N) is 5. The minimum Gasteiger partial charge on any atom is -0.487 e. The molecule has 126 valence electrons. The quantitative estimate of drug-likeness (QED) is 0.719. The Morgan fingerprint density at radius 3 is 2.96 bits per heavy atom. The normalized spacial score (nSPS) is 16.2. The number of anilines is 1. The lowest BCUT2D eigenvalue weighted by atomic mass is 10.1. The second-order valence-corrected chi connectivity index (χ2v) is 6.06. The maximum atomic E-state index is 13.1. The van der Waals surface area contributed by atoms with Crippen LogP contribution in [0.15, 0.2) is 49.2 Å². The SMILES string of the molecule is Cc1ccc2c(c1)OC(C)CN2C(=O)c1ccnc(-n2cncn2)c1. The number of amides is 1. The molecule has 1 atom stereocenters. The number of pyridine rings is 1. The minimum absolute atomic E-state index is 0.0742. The van der Waals surface area contributed by atoms with Gasteiger partial charge in [-0.15, -0.1) is 0 Å².